The first-order chi connectivity index (χ1) is 14.3. The van der Waals surface area contributed by atoms with Crippen LogP contribution in [0.4, 0.5) is 5.82 Å². The molecule has 150 valence electrons. The number of anilines is 1. The van der Waals surface area contributed by atoms with E-state index in [1.807, 2.05) is 29.7 Å². The minimum absolute atomic E-state index is 0.211. The van der Waals surface area contributed by atoms with E-state index in [0.29, 0.717) is 6.04 Å². The summed E-state index contributed by atoms with van der Waals surface area (Å²) in [6.07, 6.45) is 9.95. The molecule has 7 heteroatoms. The summed E-state index contributed by atoms with van der Waals surface area (Å²) >= 11 is 1.83. The van der Waals surface area contributed by atoms with Gasteiger partial charge in [-0.1, -0.05) is 0 Å². The molecule has 29 heavy (non-hydrogen) atoms. The van der Waals surface area contributed by atoms with Crippen molar-refractivity contribution in [3.63, 3.8) is 0 Å². The Morgan fingerprint density at radius 3 is 3.17 bits per heavy atom. The van der Waals surface area contributed by atoms with Crippen LogP contribution in [0.15, 0.2) is 24.5 Å². The fourth-order valence-corrected chi connectivity index (χ4v) is 6.23. The summed E-state index contributed by atoms with van der Waals surface area (Å²) in [6, 6.07) is 4.60. The number of fused-ring (bicyclic) bond motifs is 4. The zero-order valence-electron chi connectivity index (χ0n) is 16.4. The first-order valence-electron chi connectivity index (χ1n) is 10.7. The summed E-state index contributed by atoms with van der Waals surface area (Å²) in [5.41, 5.74) is 2.41. The van der Waals surface area contributed by atoms with Gasteiger partial charge in [0.25, 0.3) is 0 Å². The number of nitrogens with one attached hydrogen (secondary N) is 1. The Bertz CT molecular complexity index is 1040. The Labute approximate surface area is 174 Å². The molecule has 6 rings (SSSR count). The van der Waals surface area contributed by atoms with Gasteiger partial charge < -0.3 is 10.1 Å². The van der Waals surface area contributed by atoms with Crippen LogP contribution in [0.5, 0.6) is 0 Å². The van der Waals surface area contributed by atoms with Gasteiger partial charge >= 0.3 is 0 Å². The summed E-state index contributed by atoms with van der Waals surface area (Å²) in [5, 5.41) is 4.87. The molecule has 0 aromatic carbocycles. The average Bonchev–Trinajstić information content (AvgIpc) is 3.47. The van der Waals surface area contributed by atoms with E-state index in [4.69, 9.17) is 14.7 Å². The number of ether oxygens (including phenoxy) is 1. The lowest BCUT2D eigenvalue weighted by atomic mass is 10.1. The lowest BCUT2D eigenvalue weighted by molar-refractivity contribution is -0.0415. The molecule has 2 fully saturated rings. The lowest BCUT2D eigenvalue weighted by Gasteiger charge is -2.35. The van der Waals surface area contributed by atoms with Crippen molar-refractivity contribution in [2.45, 2.75) is 44.2 Å². The second-order valence-corrected chi connectivity index (χ2v) is 9.39. The van der Waals surface area contributed by atoms with Gasteiger partial charge in [0.05, 0.1) is 18.1 Å². The summed E-state index contributed by atoms with van der Waals surface area (Å²) in [7, 11) is 0. The molecular formula is C22H25N5OS. The monoisotopic (exact) mass is 407 g/mol. The van der Waals surface area contributed by atoms with E-state index in [0.717, 1.165) is 48.2 Å². The van der Waals surface area contributed by atoms with Gasteiger partial charge in [0.15, 0.2) is 5.82 Å². The van der Waals surface area contributed by atoms with Gasteiger partial charge in [0.2, 0.25) is 0 Å². The highest BCUT2D eigenvalue weighted by molar-refractivity contribution is 7.19. The SMILES string of the molecule is c1cncc(-c2nc(NCC3CN4CCCC4CO3)c3c4c(sc3n2)CCC4)c1. The minimum Gasteiger partial charge on any atom is -0.373 e. The highest BCUT2D eigenvalue weighted by atomic mass is 32.1. The third kappa shape index (κ3) is 3.21. The molecule has 6 nitrogen and oxygen atoms in total. The second-order valence-electron chi connectivity index (χ2n) is 8.30. The van der Waals surface area contributed by atoms with Gasteiger partial charge in [0.1, 0.15) is 10.6 Å². The molecule has 0 spiro atoms. The van der Waals surface area contributed by atoms with Crippen molar-refractivity contribution in [3.05, 3.63) is 35.0 Å². The number of morpholine rings is 1. The van der Waals surface area contributed by atoms with Gasteiger partial charge in [-0.15, -0.1) is 11.3 Å². The van der Waals surface area contributed by atoms with Gasteiger partial charge in [-0.2, -0.15) is 0 Å². The van der Waals surface area contributed by atoms with Gasteiger partial charge in [0, 0.05) is 42.0 Å². The third-order valence-corrected chi connectivity index (χ3v) is 7.63. The second kappa shape index (κ2) is 7.31. The predicted molar refractivity (Wildman–Crippen MR) is 115 cm³/mol. The highest BCUT2D eigenvalue weighted by Gasteiger charge is 2.32. The molecule has 1 N–H and O–H groups in total. The van der Waals surface area contributed by atoms with Crippen molar-refractivity contribution in [1.29, 1.82) is 0 Å². The number of nitrogens with zero attached hydrogens (tertiary/aromatic N) is 4. The summed E-state index contributed by atoms with van der Waals surface area (Å²) < 4.78 is 6.16. The van der Waals surface area contributed by atoms with Crippen molar-refractivity contribution in [3.8, 4) is 11.4 Å². The fourth-order valence-electron chi connectivity index (χ4n) is 4.97. The Balaban J connectivity index is 1.32. The van der Waals surface area contributed by atoms with E-state index in [2.05, 4.69) is 15.2 Å². The van der Waals surface area contributed by atoms with E-state index in [-0.39, 0.29) is 6.10 Å². The van der Waals surface area contributed by atoms with E-state index >= 15 is 0 Å². The van der Waals surface area contributed by atoms with Crippen LogP contribution in [0.1, 0.15) is 29.7 Å². The number of rotatable bonds is 4. The van der Waals surface area contributed by atoms with Crippen molar-refractivity contribution in [2.24, 2.45) is 0 Å². The minimum atomic E-state index is 0.211. The van der Waals surface area contributed by atoms with E-state index < -0.39 is 0 Å². The number of thiophene rings is 1. The topological polar surface area (TPSA) is 63.2 Å². The molecule has 1 aliphatic carbocycles. The van der Waals surface area contributed by atoms with Crippen molar-refractivity contribution in [2.75, 3.05) is 31.6 Å². The van der Waals surface area contributed by atoms with Crippen LogP contribution in [0.25, 0.3) is 21.6 Å². The lowest BCUT2D eigenvalue weighted by Crippen LogP contribution is -2.48. The Morgan fingerprint density at radius 2 is 2.24 bits per heavy atom. The molecule has 2 unspecified atom stereocenters. The quantitative estimate of drug-likeness (QED) is 0.714. The molecular weight excluding hydrogens is 382 g/mol. The first-order valence-corrected chi connectivity index (χ1v) is 11.5. The Kier molecular flexibility index (Phi) is 4.47. The van der Waals surface area contributed by atoms with Crippen LogP contribution >= 0.6 is 11.3 Å². The summed E-state index contributed by atoms with van der Waals surface area (Å²) in [5.74, 6) is 1.71. The van der Waals surface area contributed by atoms with Crippen LogP contribution in [-0.4, -0.2) is 58.2 Å². The number of aromatic nitrogens is 3. The molecule has 3 aromatic rings. The van der Waals surface area contributed by atoms with Crippen LogP contribution in [-0.2, 0) is 17.6 Å². The standard InChI is InChI=1S/C22H25N5OS/c1-6-17-18(7-1)29-22-19(17)21(25-20(26-22)14-4-2-8-23-10-14)24-11-16-12-27-9-3-5-15(27)13-28-16/h2,4,8,10,15-16H,1,3,5-7,9,11-13H2,(H,24,25,26). The van der Waals surface area contributed by atoms with Gasteiger partial charge in [-0.3, -0.25) is 9.88 Å². The number of hydrogen-bond acceptors (Lipinski definition) is 7. The smallest absolute Gasteiger partial charge is 0.164 e. The first kappa shape index (κ1) is 17.7. The Morgan fingerprint density at radius 1 is 1.24 bits per heavy atom. The van der Waals surface area contributed by atoms with Crippen molar-refractivity contribution in [1.82, 2.24) is 19.9 Å². The van der Waals surface area contributed by atoms with E-state index in [1.54, 1.807) is 6.20 Å². The summed E-state index contributed by atoms with van der Waals surface area (Å²) in [6.45, 7) is 3.88. The van der Waals surface area contributed by atoms with Crippen molar-refractivity contribution >= 4 is 27.4 Å². The third-order valence-electron chi connectivity index (χ3n) is 6.44. The van der Waals surface area contributed by atoms with Crippen LogP contribution in [0.3, 0.4) is 0 Å². The normalized spacial score (nSPS) is 24.0. The van der Waals surface area contributed by atoms with Gasteiger partial charge in [-0.25, -0.2) is 9.97 Å². The largest absolute Gasteiger partial charge is 0.373 e. The Hall–Kier alpha value is -2.09. The summed E-state index contributed by atoms with van der Waals surface area (Å²) in [4.78, 5) is 19.3. The predicted octanol–water partition coefficient (Wildman–Crippen LogP) is 3.52. The molecule has 0 amide bonds. The molecule has 0 radical (unpaired) electrons. The number of hydrogen-bond donors (Lipinski definition) is 1. The van der Waals surface area contributed by atoms with Crippen LogP contribution < -0.4 is 5.32 Å². The maximum absolute atomic E-state index is 6.16. The van der Waals surface area contributed by atoms with Crippen LogP contribution in [0, 0.1) is 0 Å². The van der Waals surface area contributed by atoms with Gasteiger partial charge in [-0.05, 0) is 56.3 Å². The van der Waals surface area contributed by atoms with E-state index in [1.165, 1.54) is 48.1 Å². The van der Waals surface area contributed by atoms with E-state index in [9.17, 15) is 0 Å². The number of pyridine rings is 1. The molecule has 3 aliphatic rings. The number of aryl methyl sites for hydroxylation is 2. The average molecular weight is 408 g/mol. The maximum Gasteiger partial charge on any atom is 0.164 e. The molecule has 2 saturated heterocycles. The zero-order valence-corrected chi connectivity index (χ0v) is 17.2. The highest BCUT2D eigenvalue weighted by Crippen LogP contribution is 2.40. The fraction of sp³-hybridized carbons (Fsp3) is 0.500. The molecule has 2 aliphatic heterocycles. The molecule has 5 heterocycles. The van der Waals surface area contributed by atoms with Crippen molar-refractivity contribution < 1.29 is 4.74 Å². The molecule has 3 aromatic heterocycles. The zero-order chi connectivity index (χ0) is 19.2. The molecule has 0 saturated carbocycles. The van der Waals surface area contributed by atoms with Crippen LogP contribution in [0.2, 0.25) is 0 Å². The maximum atomic E-state index is 6.16. The molecule has 2 atom stereocenters. The molecule has 0 bridgehead atoms.